The van der Waals surface area contributed by atoms with Gasteiger partial charge in [0.2, 0.25) is 0 Å². The molecule has 3 rings (SSSR count). The topological polar surface area (TPSA) is 57.5 Å². The molecule has 1 aliphatic heterocycles. The molecule has 2 aliphatic rings. The van der Waals surface area contributed by atoms with Crippen LogP contribution in [0.2, 0.25) is 0 Å². The number of benzene rings is 1. The quantitative estimate of drug-likeness (QED) is 0.898. The zero-order valence-electron chi connectivity index (χ0n) is 14.6. The number of rotatable bonds is 5. The average Bonchev–Trinajstić information content (AvgIpc) is 3.11. The van der Waals surface area contributed by atoms with E-state index in [1.54, 1.807) is 14.2 Å². The molecule has 0 bridgehead atoms. The van der Waals surface area contributed by atoms with Crippen molar-refractivity contribution in [1.29, 1.82) is 5.26 Å². The zero-order chi connectivity index (χ0) is 16.9. The summed E-state index contributed by atoms with van der Waals surface area (Å²) in [5.41, 5.74) is 1.04. The Bertz CT molecular complexity index is 577. The van der Waals surface area contributed by atoms with Crippen molar-refractivity contribution in [2.75, 3.05) is 32.6 Å². The largest absolute Gasteiger partial charge is 0.497 e. The summed E-state index contributed by atoms with van der Waals surface area (Å²) in [7, 11) is 3.35. The van der Waals surface area contributed by atoms with Gasteiger partial charge >= 0.3 is 0 Å². The van der Waals surface area contributed by atoms with Crippen molar-refractivity contribution in [2.45, 2.75) is 44.2 Å². The van der Waals surface area contributed by atoms with Gasteiger partial charge in [0, 0.05) is 48.4 Å². The zero-order valence-corrected chi connectivity index (χ0v) is 14.6. The molecule has 3 atom stereocenters. The van der Waals surface area contributed by atoms with E-state index < -0.39 is 0 Å². The highest BCUT2D eigenvalue weighted by atomic mass is 16.5. The van der Waals surface area contributed by atoms with Crippen LogP contribution in [0.5, 0.6) is 11.5 Å². The highest BCUT2D eigenvalue weighted by Gasteiger charge is 2.32. The maximum Gasteiger partial charge on any atom is 0.124 e. The smallest absolute Gasteiger partial charge is 0.124 e. The standard InChI is InChI=1S/C19H27N3O2/c1-23-18-9-16(10-19(11-18)24-2)21-15-4-3-7-22(13-15)17-6-5-14(8-17)12-20/h9-11,14-15,17,21H,3-8,13H2,1-2H3. The van der Waals surface area contributed by atoms with E-state index in [0.29, 0.717) is 12.1 Å². The van der Waals surface area contributed by atoms with Gasteiger partial charge in [0.25, 0.3) is 0 Å². The maximum absolute atomic E-state index is 9.12. The number of nitriles is 1. The molecule has 1 aromatic carbocycles. The summed E-state index contributed by atoms with van der Waals surface area (Å²) in [4.78, 5) is 2.58. The van der Waals surface area contributed by atoms with Gasteiger partial charge in [-0.15, -0.1) is 0 Å². The van der Waals surface area contributed by atoms with Crippen LogP contribution in [0, 0.1) is 17.2 Å². The molecule has 3 unspecified atom stereocenters. The average molecular weight is 329 g/mol. The van der Waals surface area contributed by atoms with E-state index in [1.807, 2.05) is 18.2 Å². The third-order valence-electron chi connectivity index (χ3n) is 5.28. The van der Waals surface area contributed by atoms with Gasteiger partial charge < -0.3 is 14.8 Å². The normalized spacial score (nSPS) is 27.5. The van der Waals surface area contributed by atoms with Crippen LogP contribution in [-0.2, 0) is 0 Å². The molecule has 5 nitrogen and oxygen atoms in total. The Labute approximate surface area is 144 Å². The molecule has 2 fully saturated rings. The van der Waals surface area contributed by atoms with Crippen LogP contribution in [0.25, 0.3) is 0 Å². The lowest BCUT2D eigenvalue weighted by Gasteiger charge is -2.37. The number of nitrogens with zero attached hydrogens (tertiary/aromatic N) is 2. The first kappa shape index (κ1) is 16.9. The van der Waals surface area contributed by atoms with Crippen molar-refractivity contribution in [3.63, 3.8) is 0 Å². The second kappa shape index (κ2) is 7.76. The number of hydrogen-bond donors (Lipinski definition) is 1. The molecule has 0 amide bonds. The molecular formula is C19H27N3O2. The van der Waals surface area contributed by atoms with E-state index in [2.05, 4.69) is 16.3 Å². The first-order chi connectivity index (χ1) is 11.7. The van der Waals surface area contributed by atoms with Crippen LogP contribution in [0.3, 0.4) is 0 Å². The molecule has 130 valence electrons. The summed E-state index contributed by atoms with van der Waals surface area (Å²) in [5.74, 6) is 1.86. The van der Waals surface area contributed by atoms with Gasteiger partial charge in [-0.05, 0) is 38.6 Å². The third kappa shape index (κ3) is 3.93. The van der Waals surface area contributed by atoms with E-state index in [0.717, 1.165) is 49.5 Å². The van der Waals surface area contributed by atoms with Gasteiger partial charge in [-0.25, -0.2) is 0 Å². The van der Waals surface area contributed by atoms with Crippen LogP contribution in [0.1, 0.15) is 32.1 Å². The number of nitrogens with one attached hydrogen (secondary N) is 1. The molecule has 0 spiro atoms. The second-order valence-electron chi connectivity index (χ2n) is 6.87. The summed E-state index contributed by atoms with van der Waals surface area (Å²) in [6.45, 7) is 2.20. The first-order valence-corrected chi connectivity index (χ1v) is 8.85. The summed E-state index contributed by atoms with van der Waals surface area (Å²) in [5, 5.41) is 12.8. The SMILES string of the molecule is COc1cc(NC2CCCN(C3CCC(C#N)C3)C2)cc(OC)c1. The number of hydrogen-bond acceptors (Lipinski definition) is 5. The molecule has 1 N–H and O–H groups in total. The summed E-state index contributed by atoms with van der Waals surface area (Å²) >= 11 is 0. The van der Waals surface area contributed by atoms with Crippen molar-refractivity contribution in [1.82, 2.24) is 4.90 Å². The fourth-order valence-electron chi connectivity index (χ4n) is 3.99. The van der Waals surface area contributed by atoms with E-state index in [1.165, 1.54) is 12.8 Å². The lowest BCUT2D eigenvalue weighted by atomic mass is 10.0. The molecule has 1 aromatic rings. The van der Waals surface area contributed by atoms with Gasteiger partial charge in [0.15, 0.2) is 0 Å². The maximum atomic E-state index is 9.12. The van der Waals surface area contributed by atoms with Crippen molar-refractivity contribution in [2.24, 2.45) is 5.92 Å². The van der Waals surface area contributed by atoms with Gasteiger partial charge in [0.1, 0.15) is 11.5 Å². The van der Waals surface area contributed by atoms with Gasteiger partial charge in [-0.1, -0.05) is 0 Å². The first-order valence-electron chi connectivity index (χ1n) is 8.85. The summed E-state index contributed by atoms with van der Waals surface area (Å²) < 4.78 is 10.7. The molecule has 1 saturated heterocycles. The predicted octanol–water partition coefficient (Wildman–Crippen LogP) is 3.27. The number of methoxy groups -OCH3 is 2. The lowest BCUT2D eigenvalue weighted by Crippen LogP contribution is -2.46. The summed E-state index contributed by atoms with van der Waals surface area (Å²) in [6.07, 6.45) is 5.63. The predicted molar refractivity (Wildman–Crippen MR) is 94.5 cm³/mol. The second-order valence-corrected chi connectivity index (χ2v) is 6.87. The lowest BCUT2D eigenvalue weighted by molar-refractivity contribution is 0.155. The Morgan fingerprint density at radius 2 is 1.88 bits per heavy atom. The van der Waals surface area contributed by atoms with Crippen molar-refractivity contribution in [3.8, 4) is 17.6 Å². The van der Waals surface area contributed by atoms with Crippen LogP contribution < -0.4 is 14.8 Å². The molecule has 1 heterocycles. The van der Waals surface area contributed by atoms with Crippen LogP contribution in [-0.4, -0.2) is 44.3 Å². The van der Waals surface area contributed by atoms with Gasteiger partial charge in [-0.3, -0.25) is 4.90 Å². The Kier molecular flexibility index (Phi) is 5.47. The number of piperidine rings is 1. The fourth-order valence-corrected chi connectivity index (χ4v) is 3.99. The highest BCUT2D eigenvalue weighted by molar-refractivity contribution is 5.54. The third-order valence-corrected chi connectivity index (χ3v) is 5.28. The van der Waals surface area contributed by atoms with Crippen LogP contribution >= 0.6 is 0 Å². The number of anilines is 1. The Hall–Kier alpha value is -1.93. The monoisotopic (exact) mass is 329 g/mol. The molecule has 1 saturated carbocycles. The molecular weight excluding hydrogens is 302 g/mol. The summed E-state index contributed by atoms with van der Waals surface area (Å²) in [6, 6.07) is 9.37. The molecule has 1 aliphatic carbocycles. The van der Waals surface area contributed by atoms with Crippen LogP contribution in [0.4, 0.5) is 5.69 Å². The highest BCUT2D eigenvalue weighted by Crippen LogP contribution is 2.32. The Morgan fingerprint density at radius 3 is 2.50 bits per heavy atom. The van der Waals surface area contributed by atoms with E-state index in [9.17, 15) is 0 Å². The van der Waals surface area contributed by atoms with Gasteiger partial charge in [-0.2, -0.15) is 5.26 Å². The van der Waals surface area contributed by atoms with E-state index >= 15 is 0 Å². The van der Waals surface area contributed by atoms with Crippen LogP contribution in [0.15, 0.2) is 18.2 Å². The minimum atomic E-state index is 0.256. The van der Waals surface area contributed by atoms with E-state index in [-0.39, 0.29) is 5.92 Å². The minimum absolute atomic E-state index is 0.256. The van der Waals surface area contributed by atoms with Crippen molar-refractivity contribution < 1.29 is 9.47 Å². The molecule has 0 aromatic heterocycles. The van der Waals surface area contributed by atoms with Gasteiger partial charge in [0.05, 0.1) is 20.3 Å². The number of ether oxygens (including phenoxy) is 2. The Morgan fingerprint density at radius 1 is 1.12 bits per heavy atom. The Balaban J connectivity index is 1.62. The van der Waals surface area contributed by atoms with Crippen molar-refractivity contribution in [3.05, 3.63) is 18.2 Å². The fraction of sp³-hybridized carbons (Fsp3) is 0.632. The molecule has 0 radical (unpaired) electrons. The molecule has 5 heteroatoms. The minimum Gasteiger partial charge on any atom is -0.497 e. The van der Waals surface area contributed by atoms with Crippen molar-refractivity contribution >= 4 is 5.69 Å². The molecule has 24 heavy (non-hydrogen) atoms. The van der Waals surface area contributed by atoms with E-state index in [4.69, 9.17) is 14.7 Å². The number of likely N-dealkylation sites (tertiary alicyclic amines) is 1.